The molecular weight excluding hydrogens is 272 g/mol. The maximum atomic E-state index is 12.0. The van der Waals surface area contributed by atoms with Crippen LogP contribution in [0.5, 0.6) is 0 Å². The predicted molar refractivity (Wildman–Crippen MR) is 77.0 cm³/mol. The first-order valence-electron chi connectivity index (χ1n) is 6.93. The molecule has 6 nitrogen and oxygen atoms in total. The molecule has 1 aromatic rings. The predicted octanol–water partition coefficient (Wildman–Crippen LogP) is 1.02. The number of aliphatic hydroxyl groups is 1. The zero-order valence-electron chi connectivity index (χ0n) is 12.0. The smallest absolute Gasteiger partial charge is 0.337 e. The van der Waals surface area contributed by atoms with E-state index in [1.54, 1.807) is 4.90 Å². The second-order valence-electron chi connectivity index (χ2n) is 5.58. The molecule has 1 saturated heterocycles. The van der Waals surface area contributed by atoms with Crippen LogP contribution in [0.1, 0.15) is 24.8 Å². The van der Waals surface area contributed by atoms with E-state index in [0.29, 0.717) is 19.0 Å². The Labute approximate surface area is 123 Å². The van der Waals surface area contributed by atoms with Crippen LogP contribution in [-0.2, 0) is 4.79 Å². The standard InChI is InChI=1S/C15H20N2O4/c1-15(21,13(18)19)10-16-14(20)17-8-7-12(9-17)11-5-3-2-4-6-11/h2-6,12,21H,7-10H2,1H3,(H,16,20)(H,18,19). The van der Waals surface area contributed by atoms with E-state index < -0.39 is 11.6 Å². The summed E-state index contributed by atoms with van der Waals surface area (Å²) in [6.07, 6.45) is 0.882. The number of rotatable bonds is 4. The van der Waals surface area contributed by atoms with Crippen LogP contribution in [0.4, 0.5) is 4.79 Å². The number of carboxylic acids is 1. The number of carboxylic acid groups (broad SMARTS) is 1. The number of urea groups is 1. The molecule has 1 aliphatic heterocycles. The van der Waals surface area contributed by atoms with Crippen LogP contribution in [0.15, 0.2) is 30.3 Å². The van der Waals surface area contributed by atoms with E-state index in [1.165, 1.54) is 5.56 Å². The average molecular weight is 292 g/mol. The molecule has 0 bridgehead atoms. The minimum atomic E-state index is -1.95. The number of hydrogen-bond acceptors (Lipinski definition) is 3. The van der Waals surface area contributed by atoms with Gasteiger partial charge in [-0.05, 0) is 18.9 Å². The van der Waals surface area contributed by atoms with Gasteiger partial charge in [0.15, 0.2) is 5.60 Å². The van der Waals surface area contributed by atoms with Crippen LogP contribution in [0.2, 0.25) is 0 Å². The second kappa shape index (κ2) is 6.13. The summed E-state index contributed by atoms with van der Waals surface area (Å²) < 4.78 is 0. The Hall–Kier alpha value is -2.08. The minimum Gasteiger partial charge on any atom is -0.479 e. The van der Waals surface area contributed by atoms with Crippen LogP contribution in [-0.4, -0.2) is 52.3 Å². The number of benzene rings is 1. The number of amides is 2. The maximum absolute atomic E-state index is 12.0. The van der Waals surface area contributed by atoms with Crippen LogP contribution in [0.3, 0.4) is 0 Å². The zero-order valence-corrected chi connectivity index (χ0v) is 12.0. The number of carbonyl (C=O) groups excluding carboxylic acids is 1. The van der Waals surface area contributed by atoms with Gasteiger partial charge in [0.05, 0.1) is 6.54 Å². The Kier molecular flexibility index (Phi) is 4.47. The molecule has 1 aliphatic rings. The normalized spacial score (nSPS) is 20.9. The molecule has 2 rings (SSSR count). The van der Waals surface area contributed by atoms with E-state index in [9.17, 15) is 14.7 Å². The fraction of sp³-hybridized carbons (Fsp3) is 0.467. The maximum Gasteiger partial charge on any atom is 0.337 e. The minimum absolute atomic E-state index is 0.303. The third-order valence-electron chi connectivity index (χ3n) is 3.79. The van der Waals surface area contributed by atoms with Crippen molar-refractivity contribution in [1.82, 2.24) is 10.2 Å². The van der Waals surface area contributed by atoms with Gasteiger partial charge in [-0.25, -0.2) is 9.59 Å². The SMILES string of the molecule is CC(O)(CNC(=O)N1CCC(c2ccccc2)C1)C(=O)O. The third kappa shape index (κ3) is 3.72. The van der Waals surface area contributed by atoms with E-state index in [1.807, 2.05) is 30.3 Å². The number of hydrogen-bond donors (Lipinski definition) is 3. The number of aliphatic carboxylic acids is 1. The first-order valence-corrected chi connectivity index (χ1v) is 6.93. The Balaban J connectivity index is 1.87. The molecule has 1 aromatic carbocycles. The van der Waals surface area contributed by atoms with E-state index >= 15 is 0 Å². The van der Waals surface area contributed by atoms with Gasteiger partial charge in [0, 0.05) is 19.0 Å². The highest BCUT2D eigenvalue weighted by Crippen LogP contribution is 2.26. The zero-order chi connectivity index (χ0) is 15.5. The molecule has 2 amide bonds. The molecule has 21 heavy (non-hydrogen) atoms. The van der Waals surface area contributed by atoms with Gasteiger partial charge >= 0.3 is 12.0 Å². The topological polar surface area (TPSA) is 89.9 Å². The Morgan fingerprint density at radius 1 is 1.38 bits per heavy atom. The molecule has 2 unspecified atom stereocenters. The lowest BCUT2D eigenvalue weighted by atomic mass is 9.99. The highest BCUT2D eigenvalue weighted by atomic mass is 16.4. The van der Waals surface area contributed by atoms with Gasteiger partial charge in [-0.2, -0.15) is 0 Å². The quantitative estimate of drug-likeness (QED) is 0.773. The molecule has 0 aromatic heterocycles. The highest BCUT2D eigenvalue weighted by Gasteiger charge is 2.32. The van der Waals surface area contributed by atoms with Crippen LogP contribution < -0.4 is 5.32 Å². The van der Waals surface area contributed by atoms with Gasteiger partial charge in [-0.3, -0.25) is 0 Å². The molecule has 114 valence electrons. The first-order chi connectivity index (χ1) is 9.90. The molecular formula is C15H20N2O4. The molecule has 0 spiro atoms. The molecule has 0 radical (unpaired) electrons. The van der Waals surface area contributed by atoms with Gasteiger partial charge < -0.3 is 20.4 Å². The van der Waals surface area contributed by atoms with Gasteiger partial charge in [-0.15, -0.1) is 0 Å². The van der Waals surface area contributed by atoms with Gasteiger partial charge in [-0.1, -0.05) is 30.3 Å². The van der Waals surface area contributed by atoms with Crippen molar-refractivity contribution < 1.29 is 19.8 Å². The summed E-state index contributed by atoms with van der Waals surface area (Å²) in [4.78, 5) is 24.4. The van der Waals surface area contributed by atoms with Crippen molar-refractivity contribution in [3.05, 3.63) is 35.9 Å². The van der Waals surface area contributed by atoms with Crippen LogP contribution in [0, 0.1) is 0 Å². The van der Waals surface area contributed by atoms with E-state index in [-0.39, 0.29) is 12.6 Å². The summed E-state index contributed by atoms with van der Waals surface area (Å²) in [5, 5.41) is 20.9. The van der Waals surface area contributed by atoms with Gasteiger partial charge in [0.2, 0.25) is 0 Å². The Bertz CT molecular complexity index is 516. The summed E-state index contributed by atoms with van der Waals surface area (Å²) in [5.41, 5.74) is -0.751. The lowest BCUT2D eigenvalue weighted by Crippen LogP contribution is -2.49. The summed E-state index contributed by atoms with van der Waals surface area (Å²) >= 11 is 0. The molecule has 0 saturated carbocycles. The number of carbonyl (C=O) groups is 2. The van der Waals surface area contributed by atoms with Crippen molar-refractivity contribution >= 4 is 12.0 Å². The van der Waals surface area contributed by atoms with E-state index in [2.05, 4.69) is 5.32 Å². The van der Waals surface area contributed by atoms with Gasteiger partial charge in [0.25, 0.3) is 0 Å². The number of nitrogens with zero attached hydrogens (tertiary/aromatic N) is 1. The third-order valence-corrected chi connectivity index (χ3v) is 3.79. The monoisotopic (exact) mass is 292 g/mol. The highest BCUT2D eigenvalue weighted by molar-refractivity contribution is 5.79. The largest absolute Gasteiger partial charge is 0.479 e. The first kappa shape index (κ1) is 15.3. The van der Waals surface area contributed by atoms with Crippen molar-refractivity contribution in [2.45, 2.75) is 24.9 Å². The fourth-order valence-electron chi connectivity index (χ4n) is 2.38. The molecule has 2 atom stereocenters. The molecule has 0 aliphatic carbocycles. The van der Waals surface area contributed by atoms with Crippen molar-refractivity contribution in [3.63, 3.8) is 0 Å². The number of nitrogens with one attached hydrogen (secondary N) is 1. The van der Waals surface area contributed by atoms with Crippen LogP contribution in [0.25, 0.3) is 0 Å². The lowest BCUT2D eigenvalue weighted by molar-refractivity contribution is -0.155. The number of likely N-dealkylation sites (tertiary alicyclic amines) is 1. The lowest BCUT2D eigenvalue weighted by Gasteiger charge is -2.22. The van der Waals surface area contributed by atoms with E-state index in [0.717, 1.165) is 13.3 Å². The Morgan fingerprint density at radius 3 is 2.67 bits per heavy atom. The van der Waals surface area contributed by atoms with Crippen molar-refractivity contribution in [2.24, 2.45) is 0 Å². The average Bonchev–Trinajstić information content (AvgIpc) is 2.95. The second-order valence-corrected chi connectivity index (χ2v) is 5.58. The summed E-state index contributed by atoms with van der Waals surface area (Å²) in [6.45, 7) is 2.08. The van der Waals surface area contributed by atoms with Gasteiger partial charge in [0.1, 0.15) is 0 Å². The van der Waals surface area contributed by atoms with Crippen molar-refractivity contribution in [3.8, 4) is 0 Å². The molecule has 1 fully saturated rings. The Morgan fingerprint density at radius 2 is 2.05 bits per heavy atom. The van der Waals surface area contributed by atoms with E-state index in [4.69, 9.17) is 5.11 Å². The summed E-state index contributed by atoms with van der Waals surface area (Å²) in [5.74, 6) is -1.05. The van der Waals surface area contributed by atoms with Crippen molar-refractivity contribution in [1.29, 1.82) is 0 Å². The summed E-state index contributed by atoms with van der Waals surface area (Å²) in [6, 6.07) is 9.65. The molecule has 6 heteroatoms. The summed E-state index contributed by atoms with van der Waals surface area (Å²) in [7, 11) is 0. The van der Waals surface area contributed by atoms with Crippen LogP contribution >= 0.6 is 0 Å². The molecule has 3 N–H and O–H groups in total. The van der Waals surface area contributed by atoms with Crippen molar-refractivity contribution in [2.75, 3.05) is 19.6 Å². The fourth-order valence-corrected chi connectivity index (χ4v) is 2.38. The molecule has 1 heterocycles.